The van der Waals surface area contributed by atoms with Crippen LogP contribution >= 0.6 is 0 Å². The Morgan fingerprint density at radius 3 is 2.17 bits per heavy atom. The Morgan fingerprint density at radius 2 is 1.72 bits per heavy atom. The second-order valence-corrected chi connectivity index (χ2v) is 5.83. The first-order chi connectivity index (χ1) is 8.40. The first-order valence-electron chi connectivity index (χ1n) is 7.00. The van der Waals surface area contributed by atoms with Crippen molar-refractivity contribution in [3.63, 3.8) is 0 Å². The molecule has 102 valence electrons. The standard InChI is InChI=1S/C16H28N2/c1-6-13(3)18(7-2)12-16(4,5)14-8-10-15(17)11-9-14/h8-11,13H,6-7,12,17H2,1-5H3. The molecule has 0 amide bonds. The van der Waals surface area contributed by atoms with E-state index in [0.29, 0.717) is 6.04 Å². The normalized spacial score (nSPS) is 13.9. The quantitative estimate of drug-likeness (QED) is 0.778. The summed E-state index contributed by atoms with van der Waals surface area (Å²) in [5, 5.41) is 0. The van der Waals surface area contributed by atoms with E-state index in [1.54, 1.807) is 0 Å². The van der Waals surface area contributed by atoms with Gasteiger partial charge < -0.3 is 10.6 Å². The van der Waals surface area contributed by atoms with Gasteiger partial charge in [0, 0.05) is 23.7 Å². The van der Waals surface area contributed by atoms with Crippen molar-refractivity contribution >= 4 is 5.69 Å². The summed E-state index contributed by atoms with van der Waals surface area (Å²) in [5.41, 5.74) is 8.11. The van der Waals surface area contributed by atoms with Crippen molar-refractivity contribution in [1.29, 1.82) is 0 Å². The number of anilines is 1. The van der Waals surface area contributed by atoms with Crippen molar-refractivity contribution in [2.24, 2.45) is 0 Å². The molecule has 1 atom stereocenters. The third-order valence-corrected chi connectivity index (χ3v) is 3.91. The lowest BCUT2D eigenvalue weighted by atomic mass is 9.83. The monoisotopic (exact) mass is 248 g/mol. The summed E-state index contributed by atoms with van der Waals surface area (Å²) >= 11 is 0. The van der Waals surface area contributed by atoms with E-state index in [0.717, 1.165) is 18.8 Å². The Labute approximate surface area is 112 Å². The second-order valence-electron chi connectivity index (χ2n) is 5.83. The van der Waals surface area contributed by atoms with E-state index in [-0.39, 0.29) is 5.41 Å². The van der Waals surface area contributed by atoms with Crippen molar-refractivity contribution in [3.8, 4) is 0 Å². The second kappa shape index (κ2) is 6.24. The van der Waals surface area contributed by atoms with Crippen LogP contribution in [0.1, 0.15) is 46.6 Å². The van der Waals surface area contributed by atoms with Crippen LogP contribution < -0.4 is 5.73 Å². The fourth-order valence-electron chi connectivity index (χ4n) is 2.37. The zero-order valence-corrected chi connectivity index (χ0v) is 12.5. The lowest BCUT2D eigenvalue weighted by Gasteiger charge is -2.36. The molecule has 0 saturated carbocycles. The Kier molecular flexibility index (Phi) is 5.21. The molecule has 18 heavy (non-hydrogen) atoms. The molecule has 0 aliphatic carbocycles. The van der Waals surface area contributed by atoms with Crippen LogP contribution in [0.4, 0.5) is 5.69 Å². The molecule has 0 aliphatic heterocycles. The summed E-state index contributed by atoms with van der Waals surface area (Å²) in [6.45, 7) is 13.6. The van der Waals surface area contributed by atoms with Gasteiger partial charge in [0.15, 0.2) is 0 Å². The lowest BCUT2D eigenvalue weighted by molar-refractivity contribution is 0.176. The Hall–Kier alpha value is -1.02. The van der Waals surface area contributed by atoms with E-state index in [9.17, 15) is 0 Å². The SMILES string of the molecule is CCC(C)N(CC)CC(C)(C)c1ccc(N)cc1. The van der Waals surface area contributed by atoms with Crippen LogP contribution in [0.15, 0.2) is 24.3 Å². The van der Waals surface area contributed by atoms with Crippen LogP contribution in [0.25, 0.3) is 0 Å². The Morgan fingerprint density at radius 1 is 1.17 bits per heavy atom. The highest BCUT2D eigenvalue weighted by Crippen LogP contribution is 2.26. The van der Waals surface area contributed by atoms with Gasteiger partial charge in [0.25, 0.3) is 0 Å². The molecule has 2 N–H and O–H groups in total. The summed E-state index contributed by atoms with van der Waals surface area (Å²) in [6, 6.07) is 8.94. The number of benzene rings is 1. The summed E-state index contributed by atoms with van der Waals surface area (Å²) < 4.78 is 0. The molecule has 2 heteroatoms. The molecule has 2 nitrogen and oxygen atoms in total. The first-order valence-corrected chi connectivity index (χ1v) is 7.00. The Balaban J connectivity index is 2.82. The summed E-state index contributed by atoms with van der Waals surface area (Å²) in [5.74, 6) is 0. The molecule has 1 aromatic carbocycles. The first kappa shape index (κ1) is 15.0. The topological polar surface area (TPSA) is 29.3 Å². The average Bonchev–Trinajstić information content (AvgIpc) is 2.35. The number of nitrogens with zero attached hydrogens (tertiary/aromatic N) is 1. The number of rotatable bonds is 6. The molecule has 0 saturated heterocycles. The van der Waals surface area contributed by atoms with Gasteiger partial charge in [0.1, 0.15) is 0 Å². The minimum Gasteiger partial charge on any atom is -0.399 e. The van der Waals surface area contributed by atoms with Crippen molar-refractivity contribution in [1.82, 2.24) is 4.90 Å². The van der Waals surface area contributed by atoms with Gasteiger partial charge in [-0.25, -0.2) is 0 Å². The van der Waals surface area contributed by atoms with Crippen LogP contribution in [0.5, 0.6) is 0 Å². The molecule has 0 radical (unpaired) electrons. The fourth-order valence-corrected chi connectivity index (χ4v) is 2.37. The van der Waals surface area contributed by atoms with E-state index < -0.39 is 0 Å². The van der Waals surface area contributed by atoms with Gasteiger partial charge in [-0.1, -0.05) is 39.8 Å². The third-order valence-electron chi connectivity index (χ3n) is 3.91. The third kappa shape index (κ3) is 3.74. The summed E-state index contributed by atoms with van der Waals surface area (Å²) in [7, 11) is 0. The molecule has 1 aromatic rings. The van der Waals surface area contributed by atoms with Crippen LogP contribution in [-0.2, 0) is 5.41 Å². The highest BCUT2D eigenvalue weighted by Gasteiger charge is 2.25. The molecule has 0 heterocycles. The Bertz CT molecular complexity index is 354. The molecule has 1 rings (SSSR count). The molecule has 0 aliphatic rings. The largest absolute Gasteiger partial charge is 0.399 e. The van der Waals surface area contributed by atoms with Crippen LogP contribution in [0, 0.1) is 0 Å². The van der Waals surface area contributed by atoms with Gasteiger partial charge in [-0.3, -0.25) is 0 Å². The van der Waals surface area contributed by atoms with Gasteiger partial charge in [-0.15, -0.1) is 0 Å². The van der Waals surface area contributed by atoms with Crippen molar-refractivity contribution in [3.05, 3.63) is 29.8 Å². The van der Waals surface area contributed by atoms with E-state index in [1.807, 2.05) is 12.1 Å². The average molecular weight is 248 g/mol. The molecule has 0 aromatic heterocycles. The molecule has 1 unspecified atom stereocenters. The zero-order valence-electron chi connectivity index (χ0n) is 12.5. The van der Waals surface area contributed by atoms with Gasteiger partial charge in [0.05, 0.1) is 0 Å². The maximum atomic E-state index is 5.76. The zero-order chi connectivity index (χ0) is 13.8. The molecule has 0 fully saturated rings. The van der Waals surface area contributed by atoms with E-state index >= 15 is 0 Å². The van der Waals surface area contributed by atoms with E-state index in [4.69, 9.17) is 5.73 Å². The van der Waals surface area contributed by atoms with Crippen LogP contribution in [0.3, 0.4) is 0 Å². The molecule has 0 spiro atoms. The lowest BCUT2D eigenvalue weighted by Crippen LogP contribution is -2.41. The number of nitrogens with two attached hydrogens (primary N) is 1. The van der Waals surface area contributed by atoms with Gasteiger partial charge in [0.2, 0.25) is 0 Å². The van der Waals surface area contributed by atoms with Gasteiger partial charge >= 0.3 is 0 Å². The molecule has 0 bridgehead atoms. The maximum absolute atomic E-state index is 5.76. The van der Waals surface area contributed by atoms with E-state index in [1.165, 1.54) is 12.0 Å². The highest BCUT2D eigenvalue weighted by atomic mass is 15.1. The van der Waals surface area contributed by atoms with Crippen molar-refractivity contribution in [2.45, 2.75) is 52.5 Å². The minimum atomic E-state index is 0.160. The number of likely N-dealkylation sites (N-methyl/N-ethyl adjacent to an activating group) is 1. The predicted molar refractivity (Wildman–Crippen MR) is 80.9 cm³/mol. The van der Waals surface area contributed by atoms with Gasteiger partial charge in [-0.05, 0) is 37.6 Å². The highest BCUT2D eigenvalue weighted by molar-refractivity contribution is 5.41. The summed E-state index contributed by atoms with van der Waals surface area (Å²) in [6.07, 6.45) is 1.20. The van der Waals surface area contributed by atoms with Crippen molar-refractivity contribution in [2.75, 3.05) is 18.8 Å². The van der Waals surface area contributed by atoms with Crippen LogP contribution in [0.2, 0.25) is 0 Å². The maximum Gasteiger partial charge on any atom is 0.0314 e. The number of nitrogen functional groups attached to an aromatic ring is 1. The molecular formula is C16H28N2. The van der Waals surface area contributed by atoms with Gasteiger partial charge in [-0.2, -0.15) is 0 Å². The van der Waals surface area contributed by atoms with Crippen molar-refractivity contribution < 1.29 is 0 Å². The predicted octanol–water partition coefficient (Wildman–Crippen LogP) is 3.67. The van der Waals surface area contributed by atoms with Crippen LogP contribution in [-0.4, -0.2) is 24.0 Å². The molecular weight excluding hydrogens is 220 g/mol. The number of hydrogen-bond donors (Lipinski definition) is 1. The smallest absolute Gasteiger partial charge is 0.0314 e. The summed E-state index contributed by atoms with van der Waals surface area (Å²) in [4.78, 5) is 2.55. The minimum absolute atomic E-state index is 0.160. The fraction of sp³-hybridized carbons (Fsp3) is 0.625. The van der Waals surface area contributed by atoms with E-state index in [2.05, 4.69) is 51.7 Å². The number of hydrogen-bond acceptors (Lipinski definition) is 2.